The van der Waals surface area contributed by atoms with E-state index in [9.17, 15) is 14.4 Å². The van der Waals surface area contributed by atoms with E-state index in [1.54, 1.807) is 12.1 Å². The zero-order valence-corrected chi connectivity index (χ0v) is 18.8. The van der Waals surface area contributed by atoms with Crippen molar-refractivity contribution in [2.45, 2.75) is 45.1 Å². The van der Waals surface area contributed by atoms with E-state index in [4.69, 9.17) is 9.47 Å². The maximum atomic E-state index is 13.1. The summed E-state index contributed by atoms with van der Waals surface area (Å²) in [5.41, 5.74) is 2.91. The van der Waals surface area contributed by atoms with Crippen molar-refractivity contribution < 1.29 is 23.9 Å². The molecule has 1 fully saturated rings. The predicted octanol–water partition coefficient (Wildman–Crippen LogP) is 3.90. The van der Waals surface area contributed by atoms with Gasteiger partial charge in [0.05, 0.1) is 30.4 Å². The van der Waals surface area contributed by atoms with E-state index >= 15 is 0 Å². The van der Waals surface area contributed by atoms with Crippen LogP contribution in [0.2, 0.25) is 0 Å². The van der Waals surface area contributed by atoms with Crippen molar-refractivity contribution in [2.24, 2.45) is 0 Å². The molecule has 0 aliphatic carbocycles. The van der Waals surface area contributed by atoms with Gasteiger partial charge in [-0.3, -0.25) is 19.3 Å². The number of aryl methyl sites for hydroxylation is 1. The highest BCUT2D eigenvalue weighted by Crippen LogP contribution is 2.38. The Labute approximate surface area is 193 Å². The summed E-state index contributed by atoms with van der Waals surface area (Å²) in [6, 6.07) is 11.3. The number of benzene rings is 2. The lowest BCUT2D eigenvalue weighted by atomic mass is 10.0. The number of likely N-dealkylation sites (tertiary alicyclic amines) is 1. The number of imide groups is 1. The standard InChI is InChI=1S/C26H28N2O5/c1-17-7-9-19-20(15-17)26(31)28(25(19)30)12-3-6-24(29)27-11-2-5-21(27)18-8-10-22-23(16-18)33-14-4-13-32-22/h7-10,15-16,21H,2-6,11-14H2,1H3. The number of fused-ring (bicyclic) bond motifs is 2. The summed E-state index contributed by atoms with van der Waals surface area (Å²) in [5, 5.41) is 0. The summed E-state index contributed by atoms with van der Waals surface area (Å²) in [6.45, 7) is 4.13. The van der Waals surface area contributed by atoms with Crippen LogP contribution in [0.3, 0.4) is 0 Å². The first-order valence-corrected chi connectivity index (χ1v) is 11.7. The van der Waals surface area contributed by atoms with Gasteiger partial charge in [-0.15, -0.1) is 0 Å². The molecule has 1 saturated heterocycles. The Hall–Kier alpha value is -3.35. The molecule has 5 rings (SSSR count). The molecule has 7 heteroatoms. The van der Waals surface area contributed by atoms with Crippen LogP contribution in [0.15, 0.2) is 36.4 Å². The molecule has 2 aromatic rings. The summed E-state index contributed by atoms with van der Waals surface area (Å²) in [7, 11) is 0. The van der Waals surface area contributed by atoms with Gasteiger partial charge in [-0.25, -0.2) is 0 Å². The van der Waals surface area contributed by atoms with Crippen molar-refractivity contribution >= 4 is 17.7 Å². The highest BCUT2D eigenvalue weighted by Gasteiger charge is 2.36. The lowest BCUT2D eigenvalue weighted by molar-refractivity contribution is -0.132. The van der Waals surface area contributed by atoms with Gasteiger partial charge in [0.1, 0.15) is 0 Å². The zero-order chi connectivity index (χ0) is 22.9. The van der Waals surface area contributed by atoms with E-state index in [1.807, 2.05) is 36.1 Å². The molecular weight excluding hydrogens is 420 g/mol. The number of hydrogen-bond acceptors (Lipinski definition) is 5. The molecule has 2 aromatic carbocycles. The first kappa shape index (κ1) is 21.5. The predicted molar refractivity (Wildman–Crippen MR) is 122 cm³/mol. The van der Waals surface area contributed by atoms with Gasteiger partial charge in [-0.1, -0.05) is 17.7 Å². The van der Waals surface area contributed by atoms with Crippen molar-refractivity contribution in [2.75, 3.05) is 26.3 Å². The Bertz CT molecular complexity index is 1110. The molecule has 3 amide bonds. The lowest BCUT2D eigenvalue weighted by Crippen LogP contribution is -2.33. The second kappa shape index (κ2) is 8.89. The van der Waals surface area contributed by atoms with E-state index in [0.717, 1.165) is 41.9 Å². The maximum absolute atomic E-state index is 13.1. The monoisotopic (exact) mass is 448 g/mol. The molecule has 172 valence electrons. The minimum Gasteiger partial charge on any atom is -0.490 e. The number of hydrogen-bond donors (Lipinski definition) is 0. The number of amides is 3. The number of carbonyl (C=O) groups is 3. The molecule has 1 atom stereocenters. The first-order chi connectivity index (χ1) is 16.0. The molecule has 3 aliphatic heterocycles. The molecule has 0 saturated carbocycles. The smallest absolute Gasteiger partial charge is 0.261 e. The molecule has 7 nitrogen and oxygen atoms in total. The fraction of sp³-hybridized carbons (Fsp3) is 0.423. The van der Waals surface area contributed by atoms with E-state index in [2.05, 4.69) is 0 Å². The van der Waals surface area contributed by atoms with Gasteiger partial charge in [0, 0.05) is 25.9 Å². The Balaban J connectivity index is 1.21. The molecule has 1 unspecified atom stereocenters. The molecule has 3 aliphatic rings. The van der Waals surface area contributed by atoms with Crippen LogP contribution >= 0.6 is 0 Å². The van der Waals surface area contributed by atoms with E-state index < -0.39 is 0 Å². The van der Waals surface area contributed by atoms with E-state index in [1.165, 1.54) is 4.90 Å². The highest BCUT2D eigenvalue weighted by atomic mass is 16.5. The molecular formula is C26H28N2O5. The van der Waals surface area contributed by atoms with Crippen molar-refractivity contribution in [3.05, 3.63) is 58.7 Å². The lowest BCUT2D eigenvalue weighted by Gasteiger charge is -2.26. The van der Waals surface area contributed by atoms with E-state index in [0.29, 0.717) is 43.7 Å². The van der Waals surface area contributed by atoms with Crippen LogP contribution in [0.25, 0.3) is 0 Å². The molecule has 0 aromatic heterocycles. The third kappa shape index (κ3) is 4.08. The topological polar surface area (TPSA) is 76.2 Å². The average molecular weight is 449 g/mol. The molecule has 0 N–H and O–H groups in total. The Morgan fingerprint density at radius 1 is 0.970 bits per heavy atom. The fourth-order valence-corrected chi connectivity index (χ4v) is 4.94. The normalized spacial score (nSPS) is 19.6. The van der Waals surface area contributed by atoms with Crippen LogP contribution in [-0.4, -0.2) is 53.8 Å². The SMILES string of the molecule is Cc1ccc2c(c1)C(=O)N(CCCC(=O)N1CCCC1c1ccc3c(c1)OCCCO3)C2=O. The molecule has 3 heterocycles. The number of carbonyl (C=O) groups excluding carboxylic acids is 3. The summed E-state index contributed by atoms with van der Waals surface area (Å²) in [4.78, 5) is 41.5. The van der Waals surface area contributed by atoms with Gasteiger partial charge in [0.25, 0.3) is 11.8 Å². The van der Waals surface area contributed by atoms with Crippen molar-refractivity contribution in [1.82, 2.24) is 9.80 Å². The third-order valence-electron chi connectivity index (χ3n) is 6.63. The quantitative estimate of drug-likeness (QED) is 0.649. The van der Waals surface area contributed by atoms with Gasteiger partial charge >= 0.3 is 0 Å². The number of nitrogens with zero attached hydrogens (tertiary/aromatic N) is 2. The first-order valence-electron chi connectivity index (χ1n) is 11.7. The minimum atomic E-state index is -0.270. The summed E-state index contributed by atoms with van der Waals surface area (Å²) >= 11 is 0. The van der Waals surface area contributed by atoms with Crippen LogP contribution in [0.5, 0.6) is 11.5 Å². The average Bonchev–Trinajstić information content (AvgIpc) is 3.29. The van der Waals surface area contributed by atoms with Crippen LogP contribution in [-0.2, 0) is 4.79 Å². The highest BCUT2D eigenvalue weighted by molar-refractivity contribution is 6.21. The summed E-state index contributed by atoms with van der Waals surface area (Å²) < 4.78 is 11.5. The Morgan fingerprint density at radius 3 is 2.61 bits per heavy atom. The third-order valence-corrected chi connectivity index (χ3v) is 6.63. The van der Waals surface area contributed by atoms with Crippen molar-refractivity contribution in [3.8, 4) is 11.5 Å². The Morgan fingerprint density at radius 2 is 1.76 bits per heavy atom. The van der Waals surface area contributed by atoms with Gasteiger partial charge in [0.15, 0.2) is 11.5 Å². The van der Waals surface area contributed by atoms with Gasteiger partial charge in [0.2, 0.25) is 5.91 Å². The molecule has 0 spiro atoms. The largest absolute Gasteiger partial charge is 0.490 e. The van der Waals surface area contributed by atoms with Gasteiger partial charge < -0.3 is 14.4 Å². The van der Waals surface area contributed by atoms with Crippen LogP contribution < -0.4 is 9.47 Å². The minimum absolute atomic E-state index is 0.0110. The number of rotatable bonds is 5. The van der Waals surface area contributed by atoms with E-state index in [-0.39, 0.29) is 30.3 Å². The second-order valence-corrected chi connectivity index (χ2v) is 8.92. The van der Waals surface area contributed by atoms with Crippen molar-refractivity contribution in [3.63, 3.8) is 0 Å². The molecule has 33 heavy (non-hydrogen) atoms. The van der Waals surface area contributed by atoms with Crippen LogP contribution in [0.4, 0.5) is 0 Å². The van der Waals surface area contributed by atoms with Crippen LogP contribution in [0, 0.1) is 6.92 Å². The zero-order valence-electron chi connectivity index (χ0n) is 18.8. The molecule has 0 bridgehead atoms. The van der Waals surface area contributed by atoms with Crippen LogP contribution in [0.1, 0.15) is 70.0 Å². The Kier molecular flexibility index (Phi) is 5.79. The van der Waals surface area contributed by atoms with Crippen molar-refractivity contribution in [1.29, 1.82) is 0 Å². The molecule has 0 radical (unpaired) electrons. The summed E-state index contributed by atoms with van der Waals surface area (Å²) in [5.74, 6) is 1.01. The van der Waals surface area contributed by atoms with Gasteiger partial charge in [-0.2, -0.15) is 0 Å². The fourth-order valence-electron chi connectivity index (χ4n) is 4.94. The second-order valence-electron chi connectivity index (χ2n) is 8.92. The number of ether oxygens (including phenoxy) is 2. The summed E-state index contributed by atoms with van der Waals surface area (Å²) in [6.07, 6.45) is 3.46. The maximum Gasteiger partial charge on any atom is 0.261 e. The van der Waals surface area contributed by atoms with Gasteiger partial charge in [-0.05, 0) is 56.0 Å².